The molecule has 0 aliphatic heterocycles. The van der Waals surface area contributed by atoms with E-state index in [1.165, 1.54) is 6.07 Å². The molecule has 1 atom stereocenters. The van der Waals surface area contributed by atoms with Crippen LogP contribution in [-0.2, 0) is 0 Å². The lowest BCUT2D eigenvalue weighted by molar-refractivity contribution is 0.415. The lowest BCUT2D eigenvalue weighted by Gasteiger charge is -2.13. The molecule has 2 aromatic rings. The summed E-state index contributed by atoms with van der Waals surface area (Å²) in [6.07, 6.45) is 2.00. The van der Waals surface area contributed by atoms with E-state index in [-0.39, 0.29) is 11.9 Å². The number of benzene rings is 1. The molecule has 0 aliphatic rings. The van der Waals surface area contributed by atoms with Crippen molar-refractivity contribution in [1.82, 2.24) is 5.32 Å². The van der Waals surface area contributed by atoms with Gasteiger partial charge in [0.25, 0.3) is 0 Å². The summed E-state index contributed by atoms with van der Waals surface area (Å²) in [5.74, 6) is 0.543. The van der Waals surface area contributed by atoms with E-state index in [2.05, 4.69) is 19.2 Å². The van der Waals surface area contributed by atoms with Crippen molar-refractivity contribution in [2.75, 3.05) is 6.54 Å². The molecule has 1 heterocycles. The molecular weight excluding hydrogens is 229 g/mol. The lowest BCUT2D eigenvalue weighted by Crippen LogP contribution is -2.20. The predicted octanol–water partition coefficient (Wildman–Crippen LogP) is 4.33. The highest BCUT2D eigenvalue weighted by atomic mass is 19.1. The molecule has 0 saturated carbocycles. The van der Waals surface area contributed by atoms with Crippen molar-refractivity contribution >= 4 is 11.0 Å². The van der Waals surface area contributed by atoms with Gasteiger partial charge in [-0.1, -0.05) is 19.9 Å². The summed E-state index contributed by atoms with van der Waals surface area (Å²) in [5, 5.41) is 4.30. The number of halogens is 1. The number of furan rings is 1. The number of fused-ring (bicyclic) bond motifs is 1. The maximum absolute atomic E-state index is 13.7. The normalized spacial score (nSPS) is 13.1. The fourth-order valence-electron chi connectivity index (χ4n) is 2.18. The summed E-state index contributed by atoms with van der Waals surface area (Å²) in [7, 11) is 0. The van der Waals surface area contributed by atoms with Gasteiger partial charge in [-0.25, -0.2) is 4.39 Å². The molecule has 0 radical (unpaired) electrons. The van der Waals surface area contributed by atoms with Crippen molar-refractivity contribution in [3.8, 4) is 0 Å². The van der Waals surface area contributed by atoms with Crippen LogP contribution in [0.1, 0.15) is 44.1 Å². The van der Waals surface area contributed by atoms with Gasteiger partial charge >= 0.3 is 0 Å². The van der Waals surface area contributed by atoms with Crippen LogP contribution in [0.15, 0.2) is 22.6 Å². The molecule has 18 heavy (non-hydrogen) atoms. The molecule has 0 amide bonds. The first-order valence-electron chi connectivity index (χ1n) is 6.59. The first-order valence-corrected chi connectivity index (χ1v) is 6.59. The maximum Gasteiger partial charge on any atom is 0.170 e. The smallest absolute Gasteiger partial charge is 0.170 e. The minimum absolute atomic E-state index is 0.163. The fraction of sp³-hybridized carbons (Fsp3) is 0.467. The zero-order chi connectivity index (χ0) is 13.1. The van der Waals surface area contributed by atoms with Gasteiger partial charge in [0.15, 0.2) is 11.4 Å². The molecule has 98 valence electrons. The molecule has 1 unspecified atom stereocenters. The third kappa shape index (κ3) is 2.41. The molecule has 0 bridgehead atoms. The zero-order valence-corrected chi connectivity index (χ0v) is 11.2. The van der Waals surface area contributed by atoms with E-state index in [4.69, 9.17) is 4.42 Å². The highest BCUT2D eigenvalue weighted by molar-refractivity contribution is 5.82. The Morgan fingerprint density at radius 2 is 2.11 bits per heavy atom. The van der Waals surface area contributed by atoms with E-state index in [1.54, 1.807) is 6.07 Å². The second kappa shape index (κ2) is 5.53. The van der Waals surface area contributed by atoms with Crippen LogP contribution in [0.5, 0.6) is 0 Å². The largest absolute Gasteiger partial charge is 0.456 e. The van der Waals surface area contributed by atoms with Crippen LogP contribution in [0.2, 0.25) is 0 Å². The second-order valence-electron chi connectivity index (χ2n) is 4.67. The second-order valence-corrected chi connectivity index (χ2v) is 4.67. The molecule has 3 heteroatoms. The molecule has 0 fully saturated rings. The summed E-state index contributed by atoms with van der Waals surface area (Å²) >= 11 is 0. The Morgan fingerprint density at radius 1 is 1.33 bits per heavy atom. The Bertz CT molecular complexity index is 494. The van der Waals surface area contributed by atoms with Gasteiger partial charge in [0.2, 0.25) is 0 Å². The van der Waals surface area contributed by atoms with Crippen LogP contribution in [0, 0.1) is 12.7 Å². The van der Waals surface area contributed by atoms with Crippen LogP contribution in [0.3, 0.4) is 0 Å². The molecule has 1 aromatic heterocycles. The maximum atomic E-state index is 13.7. The first kappa shape index (κ1) is 13.1. The van der Waals surface area contributed by atoms with Crippen molar-refractivity contribution in [2.45, 2.75) is 39.7 Å². The summed E-state index contributed by atoms with van der Waals surface area (Å²) in [6, 6.07) is 5.38. The Kier molecular flexibility index (Phi) is 4.02. The molecule has 0 aliphatic carbocycles. The van der Waals surface area contributed by atoms with Crippen LogP contribution in [-0.4, -0.2) is 6.54 Å². The Labute approximate surface area is 107 Å². The number of hydrogen-bond donors (Lipinski definition) is 1. The fourth-order valence-corrected chi connectivity index (χ4v) is 2.18. The predicted molar refractivity (Wildman–Crippen MR) is 72.2 cm³/mol. The average Bonchev–Trinajstić information content (AvgIpc) is 2.81. The molecule has 0 saturated heterocycles. The lowest BCUT2D eigenvalue weighted by atomic mass is 10.1. The molecular formula is C15H20FNO. The SMILES string of the molecule is CCCNC(CC)c1cc2c(C)ccc(F)c2o1. The Morgan fingerprint density at radius 3 is 2.72 bits per heavy atom. The van der Waals surface area contributed by atoms with Gasteiger partial charge in [0.1, 0.15) is 5.76 Å². The summed E-state index contributed by atoms with van der Waals surface area (Å²) in [5.41, 5.74) is 1.42. The highest BCUT2D eigenvalue weighted by Gasteiger charge is 2.16. The van der Waals surface area contributed by atoms with Crippen molar-refractivity contribution in [2.24, 2.45) is 0 Å². The monoisotopic (exact) mass is 249 g/mol. The zero-order valence-electron chi connectivity index (χ0n) is 11.2. The van der Waals surface area contributed by atoms with Crippen LogP contribution in [0.25, 0.3) is 11.0 Å². The van der Waals surface area contributed by atoms with Crippen molar-refractivity contribution < 1.29 is 8.81 Å². The Hall–Kier alpha value is -1.35. The average molecular weight is 249 g/mol. The van der Waals surface area contributed by atoms with Gasteiger partial charge in [0, 0.05) is 5.39 Å². The van der Waals surface area contributed by atoms with Crippen LogP contribution < -0.4 is 5.32 Å². The summed E-state index contributed by atoms with van der Waals surface area (Å²) in [6.45, 7) is 7.14. The standard InChI is InChI=1S/C15H20FNO/c1-4-8-17-13(5-2)14-9-11-10(3)6-7-12(16)15(11)18-14/h6-7,9,13,17H,4-5,8H2,1-3H3. The van der Waals surface area contributed by atoms with E-state index in [1.807, 2.05) is 13.0 Å². The molecule has 1 aromatic carbocycles. The quantitative estimate of drug-likeness (QED) is 0.853. The van der Waals surface area contributed by atoms with Gasteiger partial charge < -0.3 is 9.73 Å². The minimum atomic E-state index is -0.285. The molecule has 2 rings (SSSR count). The van der Waals surface area contributed by atoms with E-state index in [0.29, 0.717) is 5.58 Å². The third-order valence-electron chi connectivity index (χ3n) is 3.26. The van der Waals surface area contributed by atoms with Crippen molar-refractivity contribution in [1.29, 1.82) is 0 Å². The first-order chi connectivity index (χ1) is 8.67. The van der Waals surface area contributed by atoms with Gasteiger partial charge in [-0.3, -0.25) is 0 Å². The van der Waals surface area contributed by atoms with Gasteiger partial charge in [-0.2, -0.15) is 0 Å². The summed E-state index contributed by atoms with van der Waals surface area (Å²) in [4.78, 5) is 0. The minimum Gasteiger partial charge on any atom is -0.456 e. The van der Waals surface area contributed by atoms with Gasteiger partial charge in [-0.05, 0) is 44.0 Å². The topological polar surface area (TPSA) is 25.2 Å². The highest BCUT2D eigenvalue weighted by Crippen LogP contribution is 2.29. The van der Waals surface area contributed by atoms with Crippen molar-refractivity contribution in [3.05, 3.63) is 35.3 Å². The van der Waals surface area contributed by atoms with Crippen LogP contribution in [0.4, 0.5) is 4.39 Å². The molecule has 0 spiro atoms. The molecule has 1 N–H and O–H groups in total. The number of aryl methyl sites for hydroxylation is 1. The third-order valence-corrected chi connectivity index (χ3v) is 3.26. The Balaban J connectivity index is 2.39. The number of hydrogen-bond acceptors (Lipinski definition) is 2. The van der Waals surface area contributed by atoms with E-state index in [0.717, 1.165) is 36.1 Å². The van der Waals surface area contributed by atoms with Crippen LogP contribution >= 0.6 is 0 Å². The van der Waals surface area contributed by atoms with E-state index in [9.17, 15) is 4.39 Å². The van der Waals surface area contributed by atoms with E-state index >= 15 is 0 Å². The number of rotatable bonds is 5. The van der Waals surface area contributed by atoms with E-state index < -0.39 is 0 Å². The molecule has 2 nitrogen and oxygen atoms in total. The van der Waals surface area contributed by atoms with Gasteiger partial charge in [-0.15, -0.1) is 0 Å². The van der Waals surface area contributed by atoms with Gasteiger partial charge in [0.05, 0.1) is 6.04 Å². The number of nitrogens with one attached hydrogen (secondary N) is 1. The van der Waals surface area contributed by atoms with Crippen molar-refractivity contribution in [3.63, 3.8) is 0 Å². The summed E-state index contributed by atoms with van der Waals surface area (Å²) < 4.78 is 19.4.